The number of nitro groups is 1. The molecule has 0 aromatic heterocycles. The number of carbonyl (C=O) groups excluding carboxylic acids is 2. The molecule has 0 radical (unpaired) electrons. The molecule has 1 fully saturated rings. The molecule has 15 heteroatoms. The first-order valence-electron chi connectivity index (χ1n) is 19.9. The molecule has 0 saturated heterocycles. The fourth-order valence-corrected chi connectivity index (χ4v) is 8.75. The summed E-state index contributed by atoms with van der Waals surface area (Å²) in [5.41, 5.74) is 2.96. The van der Waals surface area contributed by atoms with Crippen LogP contribution in [0.15, 0.2) is 102 Å². The molecule has 3 aliphatic rings. The van der Waals surface area contributed by atoms with Crippen LogP contribution in [0.2, 0.25) is 0 Å². The van der Waals surface area contributed by atoms with Gasteiger partial charge in [-0.3, -0.25) is 10.1 Å². The number of ether oxygens (including phenoxy) is 4. The molecule has 1 saturated carbocycles. The van der Waals surface area contributed by atoms with Crippen molar-refractivity contribution in [3.63, 3.8) is 0 Å². The Kier molecular flexibility index (Phi) is 14.4. The molecule has 314 valence electrons. The van der Waals surface area contributed by atoms with E-state index in [1.54, 1.807) is 25.3 Å². The summed E-state index contributed by atoms with van der Waals surface area (Å²) in [6.07, 6.45) is 6.77. The van der Waals surface area contributed by atoms with Crippen LogP contribution in [0.4, 0.5) is 15.3 Å². The maximum absolute atomic E-state index is 14.1. The summed E-state index contributed by atoms with van der Waals surface area (Å²) in [5.74, 6) is -1.63. The first kappa shape index (κ1) is 42.8. The number of nitrogens with one attached hydrogen (secondary N) is 1. The van der Waals surface area contributed by atoms with Gasteiger partial charge >= 0.3 is 12.2 Å². The molecule has 3 N–H and O–H groups in total. The summed E-state index contributed by atoms with van der Waals surface area (Å²) in [6.45, 7) is 4.36. The molecule has 1 aliphatic heterocycles. The third-order valence-corrected chi connectivity index (χ3v) is 11.3. The molecular weight excluding hydrogens is 761 g/mol. The minimum absolute atomic E-state index is 0.00160. The number of likely N-dealkylation sites (N-methyl/N-ethyl adjacent to an activating group) is 1. The number of nitrogens with zero attached hydrogens (tertiary/aromatic N) is 3. The topological polar surface area (TPSA) is 192 Å². The van der Waals surface area contributed by atoms with Crippen LogP contribution in [0, 0.1) is 27.9 Å². The maximum atomic E-state index is 14.1. The van der Waals surface area contributed by atoms with E-state index in [1.165, 1.54) is 36.3 Å². The minimum atomic E-state index is -1.53. The van der Waals surface area contributed by atoms with Crippen molar-refractivity contribution in [3.05, 3.63) is 118 Å². The van der Waals surface area contributed by atoms with E-state index in [0.717, 1.165) is 36.0 Å². The van der Waals surface area contributed by atoms with Gasteiger partial charge in [-0.2, -0.15) is 0 Å². The zero-order valence-corrected chi connectivity index (χ0v) is 33.4. The second-order valence-corrected chi connectivity index (χ2v) is 14.9. The largest absolute Gasteiger partial charge is 0.459 e. The van der Waals surface area contributed by atoms with Crippen molar-refractivity contribution in [3.8, 4) is 17.2 Å². The maximum Gasteiger partial charge on any atom is 0.415 e. The summed E-state index contributed by atoms with van der Waals surface area (Å²) >= 11 is 0. The van der Waals surface area contributed by atoms with Crippen LogP contribution < -0.4 is 19.5 Å². The SMILES string of the molecule is C=CCOC12Oc3ccc(OC(=O)NCc4ccccc4)cc3C3C(CCCCO)C(CCCCO)C=C(C(=NOC)CC1N(C)C(=O)Oc1ccc([N+](=O)[O-])cc1)C32. The second-order valence-electron chi connectivity index (χ2n) is 14.9. The Morgan fingerprint density at radius 3 is 2.41 bits per heavy atom. The Labute approximate surface area is 343 Å². The summed E-state index contributed by atoms with van der Waals surface area (Å²) in [7, 11) is 3.04. The van der Waals surface area contributed by atoms with E-state index < -0.39 is 34.9 Å². The van der Waals surface area contributed by atoms with E-state index in [9.17, 15) is 29.9 Å². The average molecular weight is 813 g/mol. The molecule has 1 heterocycles. The Hall–Kier alpha value is -5.77. The van der Waals surface area contributed by atoms with E-state index in [0.29, 0.717) is 36.5 Å². The molecule has 3 aromatic rings. The quantitative estimate of drug-likeness (QED) is 0.0506. The van der Waals surface area contributed by atoms with Crippen molar-refractivity contribution >= 4 is 23.6 Å². The molecule has 0 spiro atoms. The van der Waals surface area contributed by atoms with E-state index in [1.807, 2.05) is 36.4 Å². The number of non-ortho nitro benzene ring substituents is 1. The lowest BCUT2D eigenvalue weighted by atomic mass is 9.55. The van der Waals surface area contributed by atoms with Crippen molar-refractivity contribution in [2.75, 3.05) is 34.0 Å². The van der Waals surface area contributed by atoms with Crippen LogP contribution >= 0.6 is 0 Å². The number of hydrogen-bond acceptors (Lipinski definition) is 12. The predicted molar refractivity (Wildman–Crippen MR) is 218 cm³/mol. The molecule has 6 atom stereocenters. The number of fused-ring (bicyclic) bond motifs is 2. The number of hydrogen-bond donors (Lipinski definition) is 3. The monoisotopic (exact) mass is 812 g/mol. The number of oxime groups is 1. The normalized spacial score (nSPS) is 23.4. The summed E-state index contributed by atoms with van der Waals surface area (Å²) in [6, 6.07) is 19.1. The van der Waals surface area contributed by atoms with Crippen LogP contribution in [-0.2, 0) is 16.1 Å². The first-order valence-corrected chi connectivity index (χ1v) is 19.9. The van der Waals surface area contributed by atoms with Gasteiger partial charge in [-0.05, 0) is 79.0 Å². The molecule has 6 unspecified atom stereocenters. The molecule has 3 aromatic carbocycles. The number of benzene rings is 3. The molecule has 6 rings (SSSR count). The lowest BCUT2D eigenvalue weighted by Crippen LogP contribution is -2.69. The number of unbranched alkanes of at least 4 members (excludes halogenated alkanes) is 2. The van der Waals surface area contributed by atoms with Crippen molar-refractivity contribution in [2.24, 2.45) is 22.9 Å². The average Bonchev–Trinajstić information content (AvgIpc) is 3.24. The number of aliphatic hydroxyl groups is 2. The number of allylic oxidation sites excluding steroid dienone is 1. The fourth-order valence-electron chi connectivity index (χ4n) is 8.75. The zero-order chi connectivity index (χ0) is 41.9. The Balaban J connectivity index is 1.46. The van der Waals surface area contributed by atoms with Gasteiger partial charge in [0.05, 0.1) is 23.2 Å². The molecule has 59 heavy (non-hydrogen) atoms. The summed E-state index contributed by atoms with van der Waals surface area (Å²) in [4.78, 5) is 44.8. The van der Waals surface area contributed by atoms with E-state index in [2.05, 4.69) is 23.1 Å². The number of carbonyl (C=O) groups is 2. The van der Waals surface area contributed by atoms with Gasteiger partial charge in [0.2, 0.25) is 5.79 Å². The van der Waals surface area contributed by atoms with Crippen LogP contribution in [0.1, 0.15) is 62.0 Å². The Bertz CT molecular complexity index is 2010. The van der Waals surface area contributed by atoms with Gasteiger partial charge in [0.25, 0.3) is 5.69 Å². The molecule has 15 nitrogen and oxygen atoms in total. The highest BCUT2D eigenvalue weighted by atomic mass is 16.7. The molecule has 2 aliphatic carbocycles. The van der Waals surface area contributed by atoms with Gasteiger partial charge in [-0.1, -0.05) is 60.5 Å². The molecule has 0 bridgehead atoms. The van der Waals surface area contributed by atoms with Crippen LogP contribution in [-0.4, -0.2) is 83.7 Å². The highest BCUT2D eigenvalue weighted by Gasteiger charge is 2.65. The van der Waals surface area contributed by atoms with Crippen molar-refractivity contribution < 1.29 is 48.5 Å². The minimum Gasteiger partial charge on any atom is -0.459 e. The zero-order valence-electron chi connectivity index (χ0n) is 33.4. The predicted octanol–water partition coefficient (Wildman–Crippen LogP) is 7.28. The van der Waals surface area contributed by atoms with Gasteiger partial charge in [-0.15, -0.1) is 6.58 Å². The number of aliphatic hydroxyl groups excluding tert-OH is 2. The van der Waals surface area contributed by atoms with E-state index in [-0.39, 0.29) is 62.0 Å². The lowest BCUT2D eigenvalue weighted by Gasteiger charge is -2.59. The van der Waals surface area contributed by atoms with Crippen LogP contribution in [0.3, 0.4) is 0 Å². The highest BCUT2D eigenvalue weighted by Crippen LogP contribution is 2.61. The fraction of sp³-hybridized carbons (Fsp3) is 0.432. The van der Waals surface area contributed by atoms with Crippen LogP contribution in [0.5, 0.6) is 17.2 Å². The third-order valence-electron chi connectivity index (χ3n) is 11.3. The number of nitro benzene ring substituents is 1. The van der Waals surface area contributed by atoms with Gasteiger partial charge < -0.3 is 44.2 Å². The Morgan fingerprint density at radius 1 is 1.02 bits per heavy atom. The number of rotatable bonds is 18. The Morgan fingerprint density at radius 2 is 1.73 bits per heavy atom. The first-order chi connectivity index (χ1) is 28.6. The van der Waals surface area contributed by atoms with Gasteiger partial charge in [0.15, 0.2) is 0 Å². The summed E-state index contributed by atoms with van der Waals surface area (Å²) < 4.78 is 25.5. The van der Waals surface area contributed by atoms with E-state index in [4.69, 9.17) is 23.8 Å². The smallest absolute Gasteiger partial charge is 0.415 e. The van der Waals surface area contributed by atoms with Crippen LogP contribution in [0.25, 0.3) is 0 Å². The van der Waals surface area contributed by atoms with Gasteiger partial charge in [-0.25, -0.2) is 9.59 Å². The standard InChI is InChI=1S/C44H52N4O11/c1-4-24-56-44-39(47(2)43(52)58-32-18-16-31(17-19-32)48(53)54)27-37(46-55-3)35-25-30(14-8-10-22-49)34(15-9-11-23-50)40(41(35)44)36-26-33(20-21-38(36)59-44)57-42(51)45-28-29-12-6-5-7-13-29/h4-7,12-13,16-21,25-26,30,34,39-41,49-50H,1,8-11,14-15,22-24,27-28H2,2-3H3,(H,45,51). The van der Waals surface area contributed by atoms with Crippen molar-refractivity contribution in [2.45, 2.75) is 69.2 Å². The van der Waals surface area contributed by atoms with E-state index >= 15 is 0 Å². The van der Waals surface area contributed by atoms with Gasteiger partial charge in [0, 0.05) is 56.8 Å². The molecule has 2 amide bonds. The second kappa shape index (κ2) is 19.8. The van der Waals surface area contributed by atoms with Crippen molar-refractivity contribution in [1.29, 1.82) is 0 Å². The highest BCUT2D eigenvalue weighted by molar-refractivity contribution is 6.03. The molecular formula is C44H52N4O11. The third kappa shape index (κ3) is 9.59. The number of amides is 2. The lowest BCUT2D eigenvalue weighted by molar-refractivity contribution is -0.384. The summed E-state index contributed by atoms with van der Waals surface area (Å²) in [5, 5.41) is 38.2. The van der Waals surface area contributed by atoms with Crippen molar-refractivity contribution in [1.82, 2.24) is 10.2 Å². The van der Waals surface area contributed by atoms with Gasteiger partial charge in [0.1, 0.15) is 30.4 Å².